The van der Waals surface area contributed by atoms with Crippen LogP contribution in [0.25, 0.3) is 0 Å². The van der Waals surface area contributed by atoms with Gasteiger partial charge < -0.3 is 4.74 Å². The highest BCUT2D eigenvalue weighted by Gasteiger charge is 2.04. The summed E-state index contributed by atoms with van der Waals surface area (Å²) in [6.07, 6.45) is 0. The fourth-order valence-electron chi connectivity index (χ4n) is 2.38. The molecule has 0 aliphatic carbocycles. The van der Waals surface area contributed by atoms with Gasteiger partial charge in [0.1, 0.15) is 5.75 Å². The number of benzene rings is 2. The van der Waals surface area contributed by atoms with E-state index in [1.165, 1.54) is 16.7 Å². The maximum Gasteiger partial charge on any atom is 0.122 e. The van der Waals surface area contributed by atoms with E-state index >= 15 is 0 Å². The smallest absolute Gasteiger partial charge is 0.122 e. The molecule has 2 aromatic rings. The van der Waals surface area contributed by atoms with Gasteiger partial charge in [0.15, 0.2) is 0 Å². The molecule has 1 nitrogen and oxygen atoms in total. The number of aryl methyl sites for hydroxylation is 1. The van der Waals surface area contributed by atoms with Gasteiger partial charge in [0.2, 0.25) is 0 Å². The Kier molecular flexibility index (Phi) is 7.01. The van der Waals surface area contributed by atoms with Crippen molar-refractivity contribution in [3.63, 3.8) is 0 Å². The molecule has 0 aliphatic rings. The summed E-state index contributed by atoms with van der Waals surface area (Å²) in [4.78, 5) is 0. The zero-order valence-electron chi connectivity index (χ0n) is 14.2. The van der Waals surface area contributed by atoms with Crippen LogP contribution in [0.15, 0.2) is 48.5 Å². The number of methoxy groups -OCH3 is 1. The molecular formula is C20H28O. The van der Waals surface area contributed by atoms with Gasteiger partial charge in [-0.1, -0.05) is 70.2 Å². The second kappa shape index (κ2) is 8.51. The first-order valence-electron chi connectivity index (χ1n) is 7.65. The van der Waals surface area contributed by atoms with Crippen molar-refractivity contribution in [2.24, 2.45) is 0 Å². The molecule has 0 amide bonds. The minimum Gasteiger partial charge on any atom is -0.496 e. The lowest BCUT2D eigenvalue weighted by molar-refractivity contribution is 0.407. The molecule has 0 bridgehead atoms. The quantitative estimate of drug-likeness (QED) is 0.678. The van der Waals surface area contributed by atoms with Gasteiger partial charge in [0, 0.05) is 0 Å². The van der Waals surface area contributed by atoms with Crippen LogP contribution in [0.5, 0.6) is 5.75 Å². The molecule has 114 valence electrons. The third kappa shape index (κ3) is 5.26. The van der Waals surface area contributed by atoms with E-state index in [0.717, 1.165) is 5.75 Å². The van der Waals surface area contributed by atoms with E-state index in [2.05, 4.69) is 65.0 Å². The number of para-hydroxylation sites is 1. The predicted octanol–water partition coefficient (Wildman–Crippen LogP) is 5.94. The van der Waals surface area contributed by atoms with E-state index in [1.54, 1.807) is 7.11 Å². The molecule has 2 aromatic carbocycles. The zero-order valence-corrected chi connectivity index (χ0v) is 14.2. The molecule has 21 heavy (non-hydrogen) atoms. The molecule has 0 spiro atoms. The lowest BCUT2D eigenvalue weighted by Gasteiger charge is -2.10. The van der Waals surface area contributed by atoms with Crippen LogP contribution in [0.4, 0.5) is 0 Å². The molecule has 0 atom stereocenters. The minimum absolute atomic E-state index is 0.533. The lowest BCUT2D eigenvalue weighted by Crippen LogP contribution is -1.92. The lowest BCUT2D eigenvalue weighted by atomic mass is 9.99. The van der Waals surface area contributed by atoms with Gasteiger partial charge in [-0.2, -0.15) is 0 Å². The van der Waals surface area contributed by atoms with Crippen molar-refractivity contribution >= 4 is 0 Å². The normalized spacial score (nSPS) is 10.3. The van der Waals surface area contributed by atoms with Gasteiger partial charge in [0.25, 0.3) is 0 Å². The maximum absolute atomic E-state index is 5.21. The minimum atomic E-state index is 0.533. The first-order valence-corrected chi connectivity index (χ1v) is 7.65. The van der Waals surface area contributed by atoms with Crippen molar-refractivity contribution in [2.45, 2.75) is 46.5 Å². The summed E-state index contributed by atoms with van der Waals surface area (Å²) in [6.45, 7) is 10.9. The predicted molar refractivity (Wildman–Crippen MR) is 92.4 cm³/mol. The molecule has 2 rings (SSSR count). The number of ether oxygens (including phenoxy) is 1. The van der Waals surface area contributed by atoms with Crippen LogP contribution in [0, 0.1) is 6.92 Å². The number of hydrogen-bond acceptors (Lipinski definition) is 1. The highest BCUT2D eigenvalue weighted by Crippen LogP contribution is 2.24. The van der Waals surface area contributed by atoms with Crippen LogP contribution in [0.3, 0.4) is 0 Å². The molecule has 0 unspecified atom stereocenters. The topological polar surface area (TPSA) is 9.23 Å². The van der Waals surface area contributed by atoms with E-state index in [1.807, 2.05) is 18.2 Å². The first-order chi connectivity index (χ1) is 9.97. The standard InChI is InChI=1S/C10H14O.C10H14/c1-8(2)9-6-4-5-7-10(9)11-3;1-8(2)10-7-5-4-6-9(10)3/h4-8H,1-3H3;4-8H,1-3H3. The average molecular weight is 284 g/mol. The molecule has 0 saturated heterocycles. The Morgan fingerprint density at radius 1 is 0.714 bits per heavy atom. The highest BCUT2D eigenvalue weighted by molar-refractivity contribution is 5.35. The molecule has 0 aliphatic heterocycles. The molecule has 0 aromatic heterocycles. The van der Waals surface area contributed by atoms with Gasteiger partial charge in [-0.15, -0.1) is 0 Å². The van der Waals surface area contributed by atoms with Crippen molar-refractivity contribution < 1.29 is 4.74 Å². The van der Waals surface area contributed by atoms with Gasteiger partial charge in [-0.25, -0.2) is 0 Å². The van der Waals surface area contributed by atoms with Crippen molar-refractivity contribution in [1.29, 1.82) is 0 Å². The van der Waals surface area contributed by atoms with Crippen molar-refractivity contribution in [3.05, 3.63) is 65.2 Å². The van der Waals surface area contributed by atoms with Crippen LogP contribution in [-0.2, 0) is 0 Å². The van der Waals surface area contributed by atoms with E-state index in [4.69, 9.17) is 4.74 Å². The van der Waals surface area contributed by atoms with Gasteiger partial charge >= 0.3 is 0 Å². The van der Waals surface area contributed by atoms with Gasteiger partial charge in [-0.05, 0) is 41.5 Å². The Morgan fingerprint density at radius 2 is 1.19 bits per heavy atom. The fraction of sp³-hybridized carbons (Fsp3) is 0.400. The van der Waals surface area contributed by atoms with Crippen LogP contribution in [-0.4, -0.2) is 7.11 Å². The Morgan fingerprint density at radius 3 is 1.57 bits per heavy atom. The van der Waals surface area contributed by atoms with Gasteiger partial charge in [0.05, 0.1) is 7.11 Å². The zero-order chi connectivity index (χ0) is 15.8. The molecule has 0 saturated carbocycles. The summed E-state index contributed by atoms with van der Waals surface area (Å²) in [7, 11) is 1.71. The summed E-state index contributed by atoms with van der Waals surface area (Å²) in [5.41, 5.74) is 4.13. The Labute approximate surface area is 130 Å². The van der Waals surface area contributed by atoms with Crippen LogP contribution >= 0.6 is 0 Å². The number of rotatable bonds is 3. The molecule has 0 radical (unpaired) electrons. The molecule has 1 heteroatoms. The second-order valence-electron chi connectivity index (χ2n) is 5.91. The summed E-state index contributed by atoms with van der Waals surface area (Å²) < 4.78 is 5.21. The SMILES string of the molecule is COc1ccccc1C(C)C.Cc1ccccc1C(C)C. The Hall–Kier alpha value is -1.76. The monoisotopic (exact) mass is 284 g/mol. The highest BCUT2D eigenvalue weighted by atomic mass is 16.5. The molecular weight excluding hydrogens is 256 g/mol. The molecule has 0 N–H and O–H groups in total. The first kappa shape index (κ1) is 17.3. The summed E-state index contributed by atoms with van der Waals surface area (Å²) >= 11 is 0. The largest absolute Gasteiger partial charge is 0.496 e. The third-order valence-electron chi connectivity index (χ3n) is 3.57. The van der Waals surface area contributed by atoms with E-state index in [9.17, 15) is 0 Å². The third-order valence-corrected chi connectivity index (χ3v) is 3.57. The molecule has 0 fully saturated rings. The summed E-state index contributed by atoms with van der Waals surface area (Å²) in [5.74, 6) is 2.18. The van der Waals surface area contributed by atoms with E-state index in [-0.39, 0.29) is 0 Å². The number of hydrogen-bond donors (Lipinski definition) is 0. The Bertz CT molecular complexity index is 541. The van der Waals surface area contributed by atoms with Crippen LogP contribution < -0.4 is 4.74 Å². The van der Waals surface area contributed by atoms with Gasteiger partial charge in [-0.3, -0.25) is 0 Å². The van der Waals surface area contributed by atoms with Crippen molar-refractivity contribution in [1.82, 2.24) is 0 Å². The maximum atomic E-state index is 5.21. The van der Waals surface area contributed by atoms with E-state index in [0.29, 0.717) is 11.8 Å². The molecule has 0 heterocycles. The van der Waals surface area contributed by atoms with Crippen LogP contribution in [0.2, 0.25) is 0 Å². The van der Waals surface area contributed by atoms with Crippen molar-refractivity contribution in [3.8, 4) is 5.75 Å². The summed E-state index contributed by atoms with van der Waals surface area (Å²) in [5, 5.41) is 0. The summed E-state index contributed by atoms with van der Waals surface area (Å²) in [6, 6.07) is 16.7. The van der Waals surface area contributed by atoms with E-state index < -0.39 is 0 Å². The Balaban J connectivity index is 0.000000211. The van der Waals surface area contributed by atoms with Crippen molar-refractivity contribution in [2.75, 3.05) is 7.11 Å². The van der Waals surface area contributed by atoms with Crippen LogP contribution in [0.1, 0.15) is 56.2 Å². The second-order valence-corrected chi connectivity index (χ2v) is 5.91. The average Bonchev–Trinajstić information content (AvgIpc) is 2.48. The fourth-order valence-corrected chi connectivity index (χ4v) is 2.38.